The number of rotatable bonds is 4. The highest BCUT2D eigenvalue weighted by Crippen LogP contribution is 2.88. The molecule has 2 nitrogen and oxygen atoms in total. The largest absolute Gasteiger partial charge is 0.386 e. The lowest BCUT2D eigenvalue weighted by Gasteiger charge is -2.62. The van der Waals surface area contributed by atoms with Crippen molar-refractivity contribution in [3.8, 4) is 0 Å². The Hall–Kier alpha value is -0.630. The molecule has 0 aliphatic heterocycles. The van der Waals surface area contributed by atoms with Gasteiger partial charge in [0.05, 0.1) is 5.60 Å². The number of allylic oxidation sites excluding steroid dienone is 1. The molecular weight excluding hydrogens is 392 g/mol. The van der Waals surface area contributed by atoms with Crippen LogP contribution in [0.5, 0.6) is 0 Å². The molecule has 0 aromatic heterocycles. The van der Waals surface area contributed by atoms with Gasteiger partial charge in [0, 0.05) is 11.8 Å². The van der Waals surface area contributed by atoms with E-state index in [0.29, 0.717) is 39.3 Å². The first-order chi connectivity index (χ1) is 14.7. The van der Waals surface area contributed by atoms with E-state index in [9.17, 15) is 9.90 Å². The van der Waals surface area contributed by atoms with Crippen molar-refractivity contribution in [1.82, 2.24) is 0 Å². The number of hydrogen-bond donors (Lipinski definition) is 1. The average molecular weight is 441 g/mol. The minimum Gasteiger partial charge on any atom is -0.386 e. The van der Waals surface area contributed by atoms with Gasteiger partial charge >= 0.3 is 0 Å². The summed E-state index contributed by atoms with van der Waals surface area (Å²) in [6, 6.07) is 0. The number of ketones is 1. The number of aliphatic hydroxyl groups is 1. The van der Waals surface area contributed by atoms with Gasteiger partial charge < -0.3 is 5.11 Å². The van der Waals surface area contributed by atoms with Crippen molar-refractivity contribution in [2.75, 3.05) is 0 Å². The van der Waals surface area contributed by atoms with E-state index in [1.165, 1.54) is 51.4 Å². The van der Waals surface area contributed by atoms with Gasteiger partial charge in [0.2, 0.25) is 0 Å². The van der Waals surface area contributed by atoms with Crippen molar-refractivity contribution < 1.29 is 9.90 Å². The minimum absolute atomic E-state index is 0.103. The molecule has 0 heterocycles. The van der Waals surface area contributed by atoms with Crippen LogP contribution in [0.2, 0.25) is 0 Å². The third kappa shape index (κ3) is 2.77. The minimum atomic E-state index is -0.709. The molecule has 0 saturated heterocycles. The maximum absolute atomic E-state index is 12.8. The maximum Gasteiger partial charge on any atom is 0.138 e. The molecule has 5 fully saturated rings. The lowest BCUT2D eigenvalue weighted by Crippen LogP contribution is -2.57. The van der Waals surface area contributed by atoms with E-state index >= 15 is 0 Å². The molecule has 5 aliphatic carbocycles. The standard InChI is InChI=1S/C30H48O2/c1-20(9-8-14-25(2,3)32)21-12-15-28(7)23-11-10-22-26(4,5)24(31)13-16-29(22)19-30(23,29)18-17-27(21,28)6/h8,14,20-23,32H,9-13,15-19H2,1-7H3/t20?,21?,22?,23?,27-,28+,29-,30+/m1/s1. The predicted octanol–water partition coefficient (Wildman–Crippen LogP) is 7.35. The lowest BCUT2D eigenvalue weighted by atomic mass is 9.42. The van der Waals surface area contributed by atoms with Crippen LogP contribution in [0, 0.1) is 50.7 Å². The molecule has 0 bridgehead atoms. The monoisotopic (exact) mass is 440 g/mol. The van der Waals surface area contributed by atoms with E-state index in [2.05, 4.69) is 40.7 Å². The first-order valence-electron chi connectivity index (χ1n) is 13.7. The van der Waals surface area contributed by atoms with Crippen LogP contribution in [-0.2, 0) is 4.79 Å². The summed E-state index contributed by atoms with van der Waals surface area (Å²) in [5, 5.41) is 10.1. The molecule has 0 aromatic carbocycles. The molecule has 5 saturated carbocycles. The third-order valence-corrected chi connectivity index (χ3v) is 12.6. The first-order valence-corrected chi connectivity index (χ1v) is 13.7. The summed E-state index contributed by atoms with van der Waals surface area (Å²) >= 11 is 0. The smallest absolute Gasteiger partial charge is 0.138 e. The number of Topliss-reactive ketones (excluding diaryl/α,β-unsaturated/α-hetero) is 1. The van der Waals surface area contributed by atoms with Gasteiger partial charge in [0.1, 0.15) is 5.78 Å². The van der Waals surface area contributed by atoms with Crippen molar-refractivity contribution in [3.63, 3.8) is 0 Å². The Balaban J connectivity index is 1.40. The van der Waals surface area contributed by atoms with Crippen molar-refractivity contribution in [1.29, 1.82) is 0 Å². The van der Waals surface area contributed by atoms with Crippen LogP contribution in [0.4, 0.5) is 0 Å². The molecule has 2 spiro atoms. The highest BCUT2D eigenvalue weighted by molar-refractivity contribution is 5.86. The summed E-state index contributed by atoms with van der Waals surface area (Å²) in [6.45, 7) is 16.1. The summed E-state index contributed by atoms with van der Waals surface area (Å²) in [7, 11) is 0. The molecule has 5 rings (SSSR count). The second kappa shape index (κ2) is 6.73. The molecular formula is C30H48O2. The van der Waals surface area contributed by atoms with E-state index in [0.717, 1.165) is 24.7 Å². The molecule has 32 heavy (non-hydrogen) atoms. The maximum atomic E-state index is 12.8. The lowest BCUT2D eigenvalue weighted by molar-refractivity contribution is -0.156. The van der Waals surface area contributed by atoms with Crippen LogP contribution in [0.25, 0.3) is 0 Å². The van der Waals surface area contributed by atoms with Crippen LogP contribution < -0.4 is 0 Å². The Labute approximate surface area is 197 Å². The van der Waals surface area contributed by atoms with Gasteiger partial charge in [-0.25, -0.2) is 0 Å². The fourth-order valence-corrected chi connectivity index (χ4v) is 10.9. The van der Waals surface area contributed by atoms with Crippen molar-refractivity contribution >= 4 is 5.78 Å². The Bertz CT molecular complexity index is 832. The Morgan fingerprint density at radius 3 is 2.31 bits per heavy atom. The van der Waals surface area contributed by atoms with Gasteiger partial charge in [0.25, 0.3) is 0 Å². The van der Waals surface area contributed by atoms with E-state index < -0.39 is 5.60 Å². The highest BCUT2D eigenvalue weighted by atomic mass is 16.3. The number of hydrogen-bond acceptors (Lipinski definition) is 2. The zero-order valence-electron chi connectivity index (χ0n) is 21.9. The van der Waals surface area contributed by atoms with Gasteiger partial charge in [-0.15, -0.1) is 0 Å². The zero-order valence-corrected chi connectivity index (χ0v) is 21.9. The van der Waals surface area contributed by atoms with E-state index in [1.807, 2.05) is 19.9 Å². The van der Waals surface area contributed by atoms with Crippen LogP contribution >= 0.6 is 0 Å². The van der Waals surface area contributed by atoms with Gasteiger partial charge in [0.15, 0.2) is 0 Å². The predicted molar refractivity (Wildman–Crippen MR) is 131 cm³/mol. The second-order valence-corrected chi connectivity index (χ2v) is 14.6. The molecule has 5 aliphatic rings. The fourth-order valence-electron chi connectivity index (χ4n) is 10.9. The SMILES string of the molecule is CC(CC=CC(C)(C)O)C1CC[C@@]2(C)C3CCC4C(C)(C)C(=O)CC[C@@]45C[C@@]35CC[C@]12C. The quantitative estimate of drug-likeness (QED) is 0.464. The molecule has 0 amide bonds. The van der Waals surface area contributed by atoms with Gasteiger partial charge in [-0.05, 0) is 117 Å². The summed E-state index contributed by atoms with van der Waals surface area (Å²) in [6.07, 6.45) is 16.9. The number of carbonyl (C=O) groups excluding carboxylic acids is 1. The van der Waals surface area contributed by atoms with Crippen molar-refractivity contribution in [2.45, 2.75) is 118 Å². The van der Waals surface area contributed by atoms with Crippen LogP contribution in [0.3, 0.4) is 0 Å². The summed E-state index contributed by atoms with van der Waals surface area (Å²) in [5.74, 6) is 3.48. The van der Waals surface area contributed by atoms with Crippen molar-refractivity contribution in [2.24, 2.45) is 50.7 Å². The second-order valence-electron chi connectivity index (χ2n) is 14.6. The summed E-state index contributed by atoms with van der Waals surface area (Å²) in [5.41, 5.74) is 1.09. The average Bonchev–Trinajstić information content (AvgIpc) is 3.27. The van der Waals surface area contributed by atoms with Gasteiger partial charge in [-0.1, -0.05) is 46.8 Å². The Morgan fingerprint density at radius 1 is 0.969 bits per heavy atom. The first kappa shape index (κ1) is 23.1. The summed E-state index contributed by atoms with van der Waals surface area (Å²) < 4.78 is 0. The Morgan fingerprint density at radius 2 is 1.62 bits per heavy atom. The van der Waals surface area contributed by atoms with Crippen LogP contribution in [0.1, 0.15) is 113 Å². The third-order valence-electron chi connectivity index (χ3n) is 12.6. The molecule has 180 valence electrons. The van der Waals surface area contributed by atoms with E-state index in [4.69, 9.17) is 0 Å². The fraction of sp³-hybridized carbons (Fsp3) is 0.900. The molecule has 4 unspecified atom stereocenters. The zero-order chi connectivity index (χ0) is 23.4. The van der Waals surface area contributed by atoms with Gasteiger partial charge in [-0.2, -0.15) is 0 Å². The Kier molecular flexibility index (Phi) is 4.87. The molecule has 0 aromatic rings. The normalized spacial score (nSPS) is 50.4. The summed E-state index contributed by atoms with van der Waals surface area (Å²) in [4.78, 5) is 12.8. The molecule has 0 radical (unpaired) electrons. The van der Waals surface area contributed by atoms with Gasteiger partial charge in [-0.3, -0.25) is 4.79 Å². The van der Waals surface area contributed by atoms with E-state index in [-0.39, 0.29) is 5.41 Å². The van der Waals surface area contributed by atoms with E-state index in [1.54, 1.807) is 0 Å². The number of carbonyl (C=O) groups is 1. The number of fused-ring (bicyclic) bond motifs is 2. The van der Waals surface area contributed by atoms with Crippen LogP contribution in [-0.4, -0.2) is 16.5 Å². The molecule has 2 heteroatoms. The molecule has 1 N–H and O–H groups in total. The highest BCUT2D eigenvalue weighted by Gasteiger charge is 2.82. The topological polar surface area (TPSA) is 37.3 Å². The van der Waals surface area contributed by atoms with Crippen molar-refractivity contribution in [3.05, 3.63) is 12.2 Å². The molecule has 8 atom stereocenters. The van der Waals surface area contributed by atoms with Crippen LogP contribution in [0.15, 0.2) is 12.2 Å².